The topological polar surface area (TPSA) is 53.5 Å². The highest BCUT2D eigenvalue weighted by atomic mass is 32.2. The van der Waals surface area contributed by atoms with Gasteiger partial charge in [0, 0.05) is 35.4 Å². The van der Waals surface area contributed by atoms with E-state index >= 15 is 0 Å². The van der Waals surface area contributed by atoms with Gasteiger partial charge in [0.15, 0.2) is 5.96 Å². The maximum absolute atomic E-state index is 12.1. The van der Waals surface area contributed by atoms with E-state index in [4.69, 9.17) is 0 Å². The highest BCUT2D eigenvalue weighted by Gasteiger charge is 2.03. The number of nitrogens with zero attached hydrogens (tertiary/aromatic N) is 1. The molecule has 2 N–H and O–H groups in total. The molecule has 1 atom stereocenters. The van der Waals surface area contributed by atoms with Crippen molar-refractivity contribution in [1.29, 1.82) is 0 Å². The first-order chi connectivity index (χ1) is 11.8. The van der Waals surface area contributed by atoms with Crippen molar-refractivity contribution >= 4 is 16.8 Å². The van der Waals surface area contributed by atoms with Gasteiger partial charge in [-0.1, -0.05) is 60.7 Å². The third kappa shape index (κ3) is 6.96. The van der Waals surface area contributed by atoms with Gasteiger partial charge in [-0.15, -0.1) is 0 Å². The van der Waals surface area contributed by atoms with Crippen LogP contribution in [0.1, 0.15) is 18.1 Å². The van der Waals surface area contributed by atoms with Gasteiger partial charge in [0.05, 0.1) is 6.54 Å². The SMILES string of the molecule is CCNC(=NCc1ccccc1)NCCS(=O)Cc1ccccc1. The predicted molar refractivity (Wildman–Crippen MR) is 102 cm³/mol. The average Bonchev–Trinajstić information content (AvgIpc) is 2.61. The van der Waals surface area contributed by atoms with E-state index in [1.165, 1.54) is 5.56 Å². The van der Waals surface area contributed by atoms with Crippen LogP contribution in [0.4, 0.5) is 0 Å². The number of aliphatic imine (C=N–C) groups is 1. The predicted octanol–water partition coefficient (Wildman–Crippen LogP) is 2.69. The van der Waals surface area contributed by atoms with Crippen molar-refractivity contribution in [2.75, 3.05) is 18.8 Å². The minimum atomic E-state index is -0.877. The highest BCUT2D eigenvalue weighted by molar-refractivity contribution is 7.84. The van der Waals surface area contributed by atoms with Gasteiger partial charge < -0.3 is 10.6 Å². The average molecular weight is 343 g/mol. The van der Waals surface area contributed by atoms with E-state index < -0.39 is 10.8 Å². The molecule has 0 amide bonds. The monoisotopic (exact) mass is 343 g/mol. The molecule has 2 aromatic rings. The van der Waals surface area contributed by atoms with E-state index in [0.29, 0.717) is 24.6 Å². The van der Waals surface area contributed by atoms with Gasteiger partial charge in [-0.25, -0.2) is 4.99 Å². The van der Waals surface area contributed by atoms with Crippen LogP contribution in [0.15, 0.2) is 65.7 Å². The van der Waals surface area contributed by atoms with Crippen LogP contribution in [0.5, 0.6) is 0 Å². The summed E-state index contributed by atoms with van der Waals surface area (Å²) >= 11 is 0. The van der Waals surface area contributed by atoms with Crippen LogP contribution in [0.3, 0.4) is 0 Å². The lowest BCUT2D eigenvalue weighted by molar-refractivity contribution is 0.680. The molecule has 0 bridgehead atoms. The van der Waals surface area contributed by atoms with E-state index in [1.807, 2.05) is 55.5 Å². The second-order valence-corrected chi connectivity index (χ2v) is 6.96. The van der Waals surface area contributed by atoms with Crippen LogP contribution in [-0.2, 0) is 23.1 Å². The van der Waals surface area contributed by atoms with Gasteiger partial charge in [0.25, 0.3) is 0 Å². The zero-order valence-corrected chi connectivity index (χ0v) is 14.9. The molecule has 2 aromatic carbocycles. The Balaban J connectivity index is 1.77. The lowest BCUT2D eigenvalue weighted by Gasteiger charge is -2.11. The molecule has 0 radical (unpaired) electrons. The largest absolute Gasteiger partial charge is 0.357 e. The van der Waals surface area contributed by atoms with E-state index in [-0.39, 0.29) is 0 Å². The summed E-state index contributed by atoms with van der Waals surface area (Å²) < 4.78 is 12.1. The number of hydrogen-bond donors (Lipinski definition) is 2. The summed E-state index contributed by atoms with van der Waals surface area (Å²) in [6.07, 6.45) is 0. The summed E-state index contributed by atoms with van der Waals surface area (Å²) in [6.45, 7) is 4.10. The Morgan fingerprint density at radius 1 is 0.958 bits per heavy atom. The van der Waals surface area contributed by atoms with Crippen molar-refractivity contribution in [2.45, 2.75) is 19.2 Å². The smallest absolute Gasteiger partial charge is 0.191 e. The quantitative estimate of drug-likeness (QED) is 0.572. The molecule has 1 unspecified atom stereocenters. The fourth-order valence-electron chi connectivity index (χ4n) is 2.21. The molecule has 0 aromatic heterocycles. The molecule has 128 valence electrons. The van der Waals surface area contributed by atoms with Crippen molar-refractivity contribution in [3.8, 4) is 0 Å². The van der Waals surface area contributed by atoms with Gasteiger partial charge in [0.1, 0.15) is 0 Å². The molecule has 0 saturated heterocycles. The molecule has 0 aliphatic carbocycles. The first kappa shape index (κ1) is 18.2. The summed E-state index contributed by atoms with van der Waals surface area (Å²) in [5.41, 5.74) is 2.28. The Bertz CT molecular complexity index is 644. The van der Waals surface area contributed by atoms with Crippen LogP contribution in [-0.4, -0.2) is 29.0 Å². The minimum absolute atomic E-state index is 0.597. The maximum atomic E-state index is 12.1. The third-order valence-corrected chi connectivity index (χ3v) is 4.71. The molecule has 0 saturated carbocycles. The Morgan fingerprint density at radius 2 is 1.58 bits per heavy atom. The lowest BCUT2D eigenvalue weighted by atomic mass is 10.2. The van der Waals surface area contributed by atoms with Crippen LogP contribution >= 0.6 is 0 Å². The first-order valence-electron chi connectivity index (χ1n) is 8.23. The van der Waals surface area contributed by atoms with Crippen molar-refractivity contribution in [2.24, 2.45) is 4.99 Å². The van der Waals surface area contributed by atoms with Crippen molar-refractivity contribution < 1.29 is 4.21 Å². The standard InChI is InChI=1S/C19H25N3OS/c1-2-20-19(22-15-17-9-5-3-6-10-17)21-13-14-24(23)16-18-11-7-4-8-12-18/h3-12H,2,13-16H2,1H3,(H2,20,21,22). The molecule has 0 aliphatic rings. The van der Waals surface area contributed by atoms with E-state index in [0.717, 1.165) is 18.1 Å². The summed E-state index contributed by atoms with van der Waals surface area (Å²) in [5.74, 6) is 1.96. The second-order valence-electron chi connectivity index (χ2n) is 5.38. The van der Waals surface area contributed by atoms with Crippen molar-refractivity contribution in [1.82, 2.24) is 10.6 Å². The van der Waals surface area contributed by atoms with Gasteiger partial charge in [-0.2, -0.15) is 0 Å². The van der Waals surface area contributed by atoms with E-state index in [9.17, 15) is 4.21 Å². The summed E-state index contributed by atoms with van der Waals surface area (Å²) in [6, 6.07) is 20.1. The summed E-state index contributed by atoms with van der Waals surface area (Å²) in [4.78, 5) is 4.56. The number of benzene rings is 2. The van der Waals surface area contributed by atoms with Crippen molar-refractivity contribution in [3.05, 3.63) is 71.8 Å². The lowest BCUT2D eigenvalue weighted by Crippen LogP contribution is -2.39. The number of guanidine groups is 1. The van der Waals surface area contributed by atoms with Gasteiger partial charge in [-0.3, -0.25) is 4.21 Å². The zero-order valence-electron chi connectivity index (χ0n) is 14.1. The highest BCUT2D eigenvalue weighted by Crippen LogP contribution is 2.02. The molecule has 0 heterocycles. The number of hydrogen-bond acceptors (Lipinski definition) is 2. The Morgan fingerprint density at radius 3 is 2.21 bits per heavy atom. The van der Waals surface area contributed by atoms with Crippen LogP contribution < -0.4 is 10.6 Å². The third-order valence-electron chi connectivity index (χ3n) is 3.40. The molecule has 5 heteroatoms. The Kier molecular flexibility index (Phi) is 8.04. The summed E-state index contributed by atoms with van der Waals surface area (Å²) in [7, 11) is -0.877. The van der Waals surface area contributed by atoms with Crippen LogP contribution in [0, 0.1) is 0 Å². The fourth-order valence-corrected chi connectivity index (χ4v) is 3.25. The molecule has 4 nitrogen and oxygen atoms in total. The van der Waals surface area contributed by atoms with Crippen LogP contribution in [0.25, 0.3) is 0 Å². The maximum Gasteiger partial charge on any atom is 0.191 e. The molecular weight excluding hydrogens is 318 g/mol. The molecule has 0 fully saturated rings. The molecule has 24 heavy (non-hydrogen) atoms. The number of rotatable bonds is 8. The first-order valence-corrected chi connectivity index (χ1v) is 9.71. The Labute approximate surface area is 146 Å². The molecule has 0 aliphatic heterocycles. The van der Waals surface area contributed by atoms with E-state index in [1.54, 1.807) is 0 Å². The number of nitrogens with one attached hydrogen (secondary N) is 2. The summed E-state index contributed by atoms with van der Waals surface area (Å²) in [5, 5.41) is 6.47. The molecule has 0 spiro atoms. The van der Waals surface area contributed by atoms with Crippen LogP contribution in [0.2, 0.25) is 0 Å². The van der Waals surface area contributed by atoms with Crippen molar-refractivity contribution in [3.63, 3.8) is 0 Å². The molecular formula is C19H25N3OS. The normalized spacial score (nSPS) is 12.6. The zero-order chi connectivity index (χ0) is 17.0. The fraction of sp³-hybridized carbons (Fsp3) is 0.316. The second kappa shape index (κ2) is 10.6. The minimum Gasteiger partial charge on any atom is -0.357 e. The van der Waals surface area contributed by atoms with E-state index in [2.05, 4.69) is 27.8 Å². The van der Waals surface area contributed by atoms with Gasteiger partial charge in [-0.05, 0) is 18.1 Å². The molecule has 2 rings (SSSR count). The van der Waals surface area contributed by atoms with Gasteiger partial charge >= 0.3 is 0 Å². The van der Waals surface area contributed by atoms with Gasteiger partial charge in [0.2, 0.25) is 0 Å². The Hall–Kier alpha value is -2.14.